The molecular formula is C5H7ClN2O3. The van der Waals surface area contributed by atoms with Gasteiger partial charge >= 0.3 is 5.97 Å². The molecule has 6 heteroatoms. The zero-order valence-corrected chi connectivity index (χ0v) is 6.51. The van der Waals surface area contributed by atoms with E-state index in [-0.39, 0.29) is 23.9 Å². The van der Waals surface area contributed by atoms with Gasteiger partial charge in [0.25, 0.3) is 0 Å². The van der Waals surface area contributed by atoms with Crippen molar-refractivity contribution in [3.05, 3.63) is 11.9 Å². The van der Waals surface area contributed by atoms with Gasteiger partial charge in [0.2, 0.25) is 0 Å². The summed E-state index contributed by atoms with van der Waals surface area (Å²) in [6.07, 6.45) is 1.31. The fraction of sp³-hybridized carbons (Fsp3) is 0.200. The Balaban J connectivity index is 0.000001000. The molecule has 1 aromatic heterocycles. The minimum atomic E-state index is -1.07. The summed E-state index contributed by atoms with van der Waals surface area (Å²) in [5.74, 6) is -0.832. The molecule has 0 bridgehead atoms. The lowest BCUT2D eigenvalue weighted by atomic mass is 10.4. The number of hydrogen-bond donors (Lipinski definition) is 2. The summed E-state index contributed by atoms with van der Waals surface area (Å²) in [5, 5.41) is 14.2. The van der Waals surface area contributed by atoms with E-state index in [0.717, 1.165) is 0 Å². The second-order valence-electron chi connectivity index (χ2n) is 1.62. The van der Waals surface area contributed by atoms with Crippen molar-refractivity contribution in [3.63, 3.8) is 0 Å². The van der Waals surface area contributed by atoms with Crippen LogP contribution in [-0.4, -0.2) is 28.4 Å². The third kappa shape index (κ3) is 1.84. The van der Waals surface area contributed by atoms with Gasteiger partial charge < -0.3 is 9.84 Å². The maximum atomic E-state index is 10.3. The van der Waals surface area contributed by atoms with Gasteiger partial charge in [-0.3, -0.25) is 5.10 Å². The van der Waals surface area contributed by atoms with Crippen molar-refractivity contribution in [1.29, 1.82) is 0 Å². The van der Waals surface area contributed by atoms with Crippen molar-refractivity contribution in [2.45, 2.75) is 0 Å². The third-order valence-corrected chi connectivity index (χ3v) is 1.04. The fourth-order valence-corrected chi connectivity index (χ4v) is 0.583. The average molecular weight is 179 g/mol. The number of rotatable bonds is 2. The van der Waals surface area contributed by atoms with Crippen LogP contribution in [0.5, 0.6) is 5.75 Å². The molecule has 2 N–H and O–H groups in total. The Morgan fingerprint density at radius 3 is 2.82 bits per heavy atom. The lowest BCUT2D eigenvalue weighted by Crippen LogP contribution is -1.99. The molecule has 0 radical (unpaired) electrons. The van der Waals surface area contributed by atoms with Crippen LogP contribution in [-0.2, 0) is 0 Å². The van der Waals surface area contributed by atoms with Gasteiger partial charge in [-0.2, -0.15) is 5.10 Å². The van der Waals surface area contributed by atoms with Gasteiger partial charge in [0.05, 0.1) is 13.3 Å². The lowest BCUT2D eigenvalue weighted by molar-refractivity contribution is 0.0687. The first kappa shape index (κ1) is 9.77. The molecule has 62 valence electrons. The van der Waals surface area contributed by atoms with Gasteiger partial charge in [0.15, 0.2) is 11.4 Å². The number of nitrogens with zero attached hydrogens (tertiary/aromatic N) is 1. The molecule has 0 aliphatic rings. The summed E-state index contributed by atoms with van der Waals surface area (Å²) in [6.45, 7) is 0. The molecule has 0 fully saturated rings. The molecule has 0 saturated carbocycles. The number of aromatic carboxylic acids is 1. The molecule has 0 amide bonds. The van der Waals surface area contributed by atoms with Crippen LogP contribution in [0.1, 0.15) is 10.5 Å². The van der Waals surface area contributed by atoms with E-state index in [4.69, 9.17) is 5.11 Å². The highest BCUT2D eigenvalue weighted by Crippen LogP contribution is 2.12. The standard InChI is InChI=1S/C5H6N2O3.ClH/c1-10-3-2-6-7-4(3)5(8)9;/h2H,1H3,(H,6,7)(H,8,9);1H. The van der Waals surface area contributed by atoms with Crippen molar-refractivity contribution < 1.29 is 14.6 Å². The molecule has 1 rings (SSSR count). The van der Waals surface area contributed by atoms with E-state index in [0.29, 0.717) is 0 Å². The van der Waals surface area contributed by atoms with Crippen molar-refractivity contribution in [2.24, 2.45) is 0 Å². The number of methoxy groups -OCH3 is 1. The predicted molar refractivity (Wildman–Crippen MR) is 39.3 cm³/mol. The van der Waals surface area contributed by atoms with E-state index in [2.05, 4.69) is 14.9 Å². The van der Waals surface area contributed by atoms with E-state index in [1.54, 1.807) is 0 Å². The molecule has 1 heterocycles. The largest absolute Gasteiger partial charge is 0.493 e. The number of nitrogens with one attached hydrogen (secondary N) is 1. The monoisotopic (exact) mass is 178 g/mol. The summed E-state index contributed by atoms with van der Waals surface area (Å²) < 4.78 is 4.67. The molecule has 0 saturated heterocycles. The van der Waals surface area contributed by atoms with Crippen LogP contribution in [0.2, 0.25) is 0 Å². The minimum Gasteiger partial charge on any atom is -0.493 e. The molecule has 11 heavy (non-hydrogen) atoms. The van der Waals surface area contributed by atoms with Gasteiger partial charge in [-0.25, -0.2) is 4.79 Å². The number of halogens is 1. The van der Waals surface area contributed by atoms with Crippen LogP contribution in [0.4, 0.5) is 0 Å². The SMILES string of the molecule is COc1cn[nH]c1C(=O)O.Cl. The molecule has 0 unspecified atom stereocenters. The average Bonchev–Trinajstić information content (AvgIpc) is 2.33. The second-order valence-corrected chi connectivity index (χ2v) is 1.62. The van der Waals surface area contributed by atoms with E-state index < -0.39 is 5.97 Å². The number of carbonyl (C=O) groups is 1. The van der Waals surface area contributed by atoms with Crippen LogP contribution in [0.15, 0.2) is 6.20 Å². The smallest absolute Gasteiger partial charge is 0.357 e. The maximum absolute atomic E-state index is 10.3. The Morgan fingerprint density at radius 2 is 2.45 bits per heavy atom. The highest BCUT2D eigenvalue weighted by atomic mass is 35.5. The van der Waals surface area contributed by atoms with Crippen LogP contribution >= 0.6 is 12.4 Å². The quantitative estimate of drug-likeness (QED) is 0.693. The highest BCUT2D eigenvalue weighted by molar-refractivity contribution is 5.88. The third-order valence-electron chi connectivity index (χ3n) is 1.04. The lowest BCUT2D eigenvalue weighted by Gasteiger charge is -1.93. The predicted octanol–water partition coefficient (Wildman–Crippen LogP) is 0.538. The number of aromatic amines is 1. The number of carboxylic acids is 1. The van der Waals surface area contributed by atoms with Crippen LogP contribution in [0, 0.1) is 0 Å². The van der Waals surface area contributed by atoms with Crippen molar-refractivity contribution in [2.75, 3.05) is 7.11 Å². The fourth-order valence-electron chi connectivity index (χ4n) is 0.583. The number of hydrogen-bond acceptors (Lipinski definition) is 3. The molecule has 0 aliphatic carbocycles. The number of H-pyrrole nitrogens is 1. The van der Waals surface area contributed by atoms with Crippen molar-refractivity contribution >= 4 is 18.4 Å². The van der Waals surface area contributed by atoms with Crippen LogP contribution in [0.3, 0.4) is 0 Å². The first-order valence-electron chi connectivity index (χ1n) is 2.56. The molecule has 0 spiro atoms. The van der Waals surface area contributed by atoms with Crippen molar-refractivity contribution in [3.8, 4) is 5.75 Å². The van der Waals surface area contributed by atoms with E-state index in [9.17, 15) is 4.79 Å². The van der Waals surface area contributed by atoms with E-state index in [1.807, 2.05) is 0 Å². The number of carboxylic acid groups (broad SMARTS) is 1. The molecule has 0 aliphatic heterocycles. The number of aromatic nitrogens is 2. The van der Waals surface area contributed by atoms with Gasteiger partial charge in [0.1, 0.15) is 0 Å². The Morgan fingerprint density at radius 1 is 1.82 bits per heavy atom. The summed E-state index contributed by atoms with van der Waals surface area (Å²) in [6, 6.07) is 0. The van der Waals surface area contributed by atoms with Gasteiger partial charge in [-0.15, -0.1) is 12.4 Å². The molecule has 1 aromatic rings. The van der Waals surface area contributed by atoms with Gasteiger partial charge in [0, 0.05) is 0 Å². The van der Waals surface area contributed by atoms with E-state index >= 15 is 0 Å². The van der Waals surface area contributed by atoms with Gasteiger partial charge in [-0.1, -0.05) is 0 Å². The maximum Gasteiger partial charge on any atom is 0.357 e. The summed E-state index contributed by atoms with van der Waals surface area (Å²) in [4.78, 5) is 10.3. The molecule has 0 atom stereocenters. The van der Waals surface area contributed by atoms with Crippen LogP contribution in [0.25, 0.3) is 0 Å². The normalized spacial score (nSPS) is 8.45. The summed E-state index contributed by atoms with van der Waals surface area (Å²) in [7, 11) is 1.39. The Kier molecular flexibility index (Phi) is 3.39. The zero-order chi connectivity index (χ0) is 7.56. The molecule has 0 aromatic carbocycles. The van der Waals surface area contributed by atoms with Crippen LogP contribution < -0.4 is 4.74 Å². The first-order chi connectivity index (χ1) is 4.75. The first-order valence-corrected chi connectivity index (χ1v) is 2.56. The molecular weight excluding hydrogens is 172 g/mol. The van der Waals surface area contributed by atoms with Gasteiger partial charge in [-0.05, 0) is 0 Å². The number of ether oxygens (including phenoxy) is 1. The van der Waals surface area contributed by atoms with Crippen molar-refractivity contribution in [1.82, 2.24) is 10.2 Å². The summed E-state index contributed by atoms with van der Waals surface area (Å²) in [5.41, 5.74) is -0.0255. The second kappa shape index (κ2) is 3.82. The Hall–Kier alpha value is -1.23. The molecule has 5 nitrogen and oxygen atoms in total. The topological polar surface area (TPSA) is 75.2 Å². The Bertz CT molecular complexity index is 248. The zero-order valence-electron chi connectivity index (χ0n) is 5.70. The summed E-state index contributed by atoms with van der Waals surface area (Å²) >= 11 is 0. The highest BCUT2D eigenvalue weighted by Gasteiger charge is 2.11. The Labute approximate surface area is 68.8 Å². The van der Waals surface area contributed by atoms with E-state index in [1.165, 1.54) is 13.3 Å². The minimum absolute atomic E-state index is 0.